The zero-order valence-electron chi connectivity index (χ0n) is 14.3. The van der Waals surface area contributed by atoms with Crippen molar-refractivity contribution in [3.05, 3.63) is 69.5 Å². The Balaban J connectivity index is 1.73. The summed E-state index contributed by atoms with van der Waals surface area (Å²) < 4.78 is 13.0. The fourth-order valence-corrected chi connectivity index (χ4v) is 3.22. The molecule has 3 rings (SSSR count). The highest BCUT2D eigenvalue weighted by Crippen LogP contribution is 2.30. The van der Waals surface area contributed by atoms with Gasteiger partial charge in [-0.2, -0.15) is 5.26 Å². The second-order valence-corrected chi connectivity index (χ2v) is 6.32. The van der Waals surface area contributed by atoms with E-state index in [0.717, 1.165) is 25.1 Å². The van der Waals surface area contributed by atoms with Crippen molar-refractivity contribution >= 4 is 11.4 Å². The van der Waals surface area contributed by atoms with E-state index < -0.39 is 4.92 Å². The smallest absolute Gasteiger partial charge is 0.292 e. The zero-order valence-corrected chi connectivity index (χ0v) is 14.3. The first kappa shape index (κ1) is 17.8. The molecule has 1 aliphatic heterocycles. The molecule has 0 aliphatic carbocycles. The van der Waals surface area contributed by atoms with Gasteiger partial charge in [-0.1, -0.05) is 12.1 Å². The third-order valence-electron chi connectivity index (χ3n) is 4.55. The Bertz CT molecular complexity index is 832. The van der Waals surface area contributed by atoms with Crippen LogP contribution < -0.4 is 4.90 Å². The molecule has 134 valence electrons. The van der Waals surface area contributed by atoms with Crippen LogP contribution >= 0.6 is 0 Å². The minimum atomic E-state index is -0.405. The molecule has 2 aromatic rings. The summed E-state index contributed by atoms with van der Waals surface area (Å²) >= 11 is 0. The quantitative estimate of drug-likeness (QED) is 0.622. The van der Waals surface area contributed by atoms with Crippen LogP contribution in [0, 0.1) is 27.3 Å². The second kappa shape index (κ2) is 7.93. The van der Waals surface area contributed by atoms with Crippen molar-refractivity contribution in [1.82, 2.24) is 4.90 Å². The predicted octanol–water partition coefficient (Wildman–Crippen LogP) is 3.32. The van der Waals surface area contributed by atoms with Gasteiger partial charge >= 0.3 is 0 Å². The standard InChI is InChI=1S/C19H19FN4O2/c20-17-5-2-15(3-6-17)14-22-8-1-9-23(11-10-22)19-12-16(13-21)4-7-18(19)24(25)26/h2-7,12H,1,8-11,14H2. The van der Waals surface area contributed by atoms with E-state index in [4.69, 9.17) is 5.26 Å². The van der Waals surface area contributed by atoms with Crippen molar-refractivity contribution in [2.75, 3.05) is 31.1 Å². The van der Waals surface area contributed by atoms with Gasteiger partial charge in [-0.25, -0.2) is 4.39 Å². The van der Waals surface area contributed by atoms with E-state index >= 15 is 0 Å². The van der Waals surface area contributed by atoms with Crippen molar-refractivity contribution in [3.63, 3.8) is 0 Å². The fraction of sp³-hybridized carbons (Fsp3) is 0.316. The topological polar surface area (TPSA) is 73.4 Å². The monoisotopic (exact) mass is 354 g/mol. The first-order valence-corrected chi connectivity index (χ1v) is 8.47. The predicted molar refractivity (Wildman–Crippen MR) is 96.3 cm³/mol. The molecule has 1 heterocycles. The Kier molecular flexibility index (Phi) is 5.44. The van der Waals surface area contributed by atoms with Crippen LogP contribution in [-0.2, 0) is 6.54 Å². The van der Waals surface area contributed by atoms with E-state index in [0.29, 0.717) is 30.9 Å². The fourth-order valence-electron chi connectivity index (χ4n) is 3.22. The van der Waals surface area contributed by atoms with E-state index in [2.05, 4.69) is 4.90 Å². The summed E-state index contributed by atoms with van der Waals surface area (Å²) in [4.78, 5) is 15.2. The summed E-state index contributed by atoms with van der Waals surface area (Å²) in [5.41, 5.74) is 1.98. The lowest BCUT2D eigenvalue weighted by Gasteiger charge is -2.23. The van der Waals surface area contributed by atoms with Crippen LogP contribution in [0.2, 0.25) is 0 Å². The van der Waals surface area contributed by atoms with Gasteiger partial charge in [0.15, 0.2) is 0 Å². The summed E-state index contributed by atoms with van der Waals surface area (Å²) in [6, 6.07) is 13.0. The Morgan fingerprint density at radius 3 is 2.58 bits per heavy atom. The number of nitro groups is 1. The maximum absolute atomic E-state index is 13.0. The SMILES string of the molecule is N#Cc1ccc([N+](=O)[O-])c(N2CCCN(Cc3ccc(F)cc3)CC2)c1. The van der Waals surface area contributed by atoms with Gasteiger partial charge in [-0.05, 0) is 36.2 Å². The highest BCUT2D eigenvalue weighted by molar-refractivity contribution is 5.66. The highest BCUT2D eigenvalue weighted by Gasteiger charge is 2.23. The van der Waals surface area contributed by atoms with Crippen LogP contribution in [0.15, 0.2) is 42.5 Å². The molecule has 0 atom stereocenters. The first-order chi connectivity index (χ1) is 12.6. The number of halogens is 1. The van der Waals surface area contributed by atoms with Gasteiger partial charge in [0.2, 0.25) is 0 Å². The molecule has 0 unspecified atom stereocenters. The normalized spacial score (nSPS) is 15.3. The van der Waals surface area contributed by atoms with Gasteiger partial charge in [-0.3, -0.25) is 15.0 Å². The number of anilines is 1. The summed E-state index contributed by atoms with van der Waals surface area (Å²) in [5, 5.41) is 20.4. The maximum Gasteiger partial charge on any atom is 0.292 e. The van der Waals surface area contributed by atoms with Crippen molar-refractivity contribution in [1.29, 1.82) is 5.26 Å². The summed E-state index contributed by atoms with van der Waals surface area (Å²) in [6.07, 6.45) is 0.856. The molecule has 2 aromatic carbocycles. The van der Waals surface area contributed by atoms with Gasteiger partial charge in [0, 0.05) is 38.8 Å². The van der Waals surface area contributed by atoms with Crippen molar-refractivity contribution in [2.45, 2.75) is 13.0 Å². The molecular weight excluding hydrogens is 335 g/mol. The van der Waals surface area contributed by atoms with Crippen molar-refractivity contribution in [3.8, 4) is 6.07 Å². The van der Waals surface area contributed by atoms with Crippen LogP contribution in [-0.4, -0.2) is 36.0 Å². The molecular formula is C19H19FN4O2. The van der Waals surface area contributed by atoms with Crippen LogP contribution in [0.1, 0.15) is 17.5 Å². The first-order valence-electron chi connectivity index (χ1n) is 8.47. The molecule has 0 N–H and O–H groups in total. The number of hydrogen-bond donors (Lipinski definition) is 0. The maximum atomic E-state index is 13.0. The Morgan fingerprint density at radius 2 is 1.88 bits per heavy atom. The summed E-state index contributed by atoms with van der Waals surface area (Å²) in [7, 11) is 0. The minimum absolute atomic E-state index is 0.0241. The number of benzene rings is 2. The molecule has 6 nitrogen and oxygen atoms in total. The van der Waals surface area contributed by atoms with Gasteiger partial charge in [0.1, 0.15) is 11.5 Å². The molecule has 0 radical (unpaired) electrons. The second-order valence-electron chi connectivity index (χ2n) is 6.32. The average molecular weight is 354 g/mol. The van der Waals surface area contributed by atoms with Crippen LogP contribution in [0.5, 0.6) is 0 Å². The van der Waals surface area contributed by atoms with Gasteiger partial charge in [0.25, 0.3) is 5.69 Å². The number of hydrogen-bond acceptors (Lipinski definition) is 5. The van der Waals surface area contributed by atoms with Gasteiger partial charge < -0.3 is 4.90 Å². The third-order valence-corrected chi connectivity index (χ3v) is 4.55. The Morgan fingerprint density at radius 1 is 1.12 bits per heavy atom. The number of nitriles is 1. The molecule has 0 bridgehead atoms. The lowest BCUT2D eigenvalue weighted by Crippen LogP contribution is -2.30. The van der Waals surface area contributed by atoms with Crippen LogP contribution in [0.4, 0.5) is 15.8 Å². The van der Waals surface area contributed by atoms with Gasteiger partial charge in [0.05, 0.1) is 16.6 Å². The summed E-state index contributed by atoms with van der Waals surface area (Å²) in [6.45, 7) is 3.64. The Hall–Kier alpha value is -2.98. The lowest BCUT2D eigenvalue weighted by molar-refractivity contribution is -0.384. The lowest BCUT2D eigenvalue weighted by atomic mass is 10.1. The van der Waals surface area contributed by atoms with E-state index in [-0.39, 0.29) is 11.5 Å². The average Bonchev–Trinajstić information content (AvgIpc) is 2.88. The van der Waals surface area contributed by atoms with Gasteiger partial charge in [-0.15, -0.1) is 0 Å². The number of nitrogens with zero attached hydrogens (tertiary/aromatic N) is 4. The molecule has 0 amide bonds. The number of nitro benzene ring substituents is 1. The third kappa shape index (κ3) is 4.16. The van der Waals surface area contributed by atoms with E-state index in [1.165, 1.54) is 24.3 Å². The Labute approximate surface area is 151 Å². The van der Waals surface area contributed by atoms with E-state index in [1.54, 1.807) is 18.2 Å². The molecule has 1 saturated heterocycles. The van der Waals surface area contributed by atoms with Crippen molar-refractivity contribution < 1.29 is 9.31 Å². The van der Waals surface area contributed by atoms with Crippen molar-refractivity contribution in [2.24, 2.45) is 0 Å². The molecule has 1 fully saturated rings. The zero-order chi connectivity index (χ0) is 18.5. The number of rotatable bonds is 4. The molecule has 0 spiro atoms. The minimum Gasteiger partial charge on any atom is -0.365 e. The largest absolute Gasteiger partial charge is 0.365 e. The molecule has 7 heteroatoms. The highest BCUT2D eigenvalue weighted by atomic mass is 19.1. The molecule has 1 aliphatic rings. The van der Waals surface area contributed by atoms with Crippen LogP contribution in [0.25, 0.3) is 0 Å². The van der Waals surface area contributed by atoms with E-state index in [1.807, 2.05) is 11.0 Å². The molecule has 0 aromatic heterocycles. The summed E-state index contributed by atoms with van der Waals surface area (Å²) in [5.74, 6) is -0.250. The molecule has 0 saturated carbocycles. The van der Waals surface area contributed by atoms with E-state index in [9.17, 15) is 14.5 Å². The molecule has 26 heavy (non-hydrogen) atoms. The van der Waals surface area contributed by atoms with Crippen LogP contribution in [0.3, 0.4) is 0 Å².